The lowest BCUT2D eigenvalue weighted by molar-refractivity contribution is 0.0883. The normalized spacial score (nSPS) is 18.1. The number of benzene rings is 1. The summed E-state index contributed by atoms with van der Waals surface area (Å²) >= 11 is 5.83. The summed E-state index contributed by atoms with van der Waals surface area (Å²) in [7, 11) is 0. The summed E-state index contributed by atoms with van der Waals surface area (Å²) < 4.78 is 5.37. The average Bonchev–Trinajstić information content (AvgIpc) is 2.50. The molecule has 0 aliphatic carbocycles. The van der Waals surface area contributed by atoms with E-state index in [1.165, 1.54) is 0 Å². The van der Waals surface area contributed by atoms with Crippen LogP contribution in [0.2, 0.25) is 5.02 Å². The zero-order chi connectivity index (χ0) is 15.1. The Kier molecular flexibility index (Phi) is 5.91. The van der Waals surface area contributed by atoms with Gasteiger partial charge in [0.05, 0.1) is 6.61 Å². The molecule has 1 unspecified atom stereocenters. The summed E-state index contributed by atoms with van der Waals surface area (Å²) in [6, 6.07) is 7.00. The Bertz CT molecular complexity index is 510. The van der Waals surface area contributed by atoms with E-state index in [1.807, 2.05) is 4.90 Å². The van der Waals surface area contributed by atoms with Crippen molar-refractivity contribution in [1.29, 1.82) is 0 Å². The third kappa shape index (κ3) is 4.96. The number of piperidine rings is 1. The molecular formula is C16H19ClN2O2. The number of urea groups is 1. The summed E-state index contributed by atoms with van der Waals surface area (Å²) in [6.07, 6.45) is 7.21. The number of carbonyl (C=O) groups excluding carboxylic acids is 1. The van der Waals surface area contributed by atoms with Gasteiger partial charge in [-0.05, 0) is 37.1 Å². The summed E-state index contributed by atoms with van der Waals surface area (Å²) in [6.45, 7) is 2.40. The van der Waals surface area contributed by atoms with Crippen molar-refractivity contribution in [3.05, 3.63) is 29.3 Å². The fourth-order valence-corrected chi connectivity index (χ4v) is 2.53. The smallest absolute Gasteiger partial charge is 0.321 e. The first-order valence-electron chi connectivity index (χ1n) is 7.01. The van der Waals surface area contributed by atoms with Crippen LogP contribution in [0.4, 0.5) is 10.5 Å². The van der Waals surface area contributed by atoms with Gasteiger partial charge in [0.1, 0.15) is 6.61 Å². The van der Waals surface area contributed by atoms with Gasteiger partial charge in [0.2, 0.25) is 0 Å². The van der Waals surface area contributed by atoms with Gasteiger partial charge in [0.15, 0.2) is 0 Å². The number of ether oxygens (including phenoxy) is 1. The van der Waals surface area contributed by atoms with Crippen molar-refractivity contribution in [3.8, 4) is 12.3 Å². The number of terminal acetylenes is 1. The van der Waals surface area contributed by atoms with Crippen LogP contribution in [0, 0.1) is 18.3 Å². The predicted molar refractivity (Wildman–Crippen MR) is 84.4 cm³/mol. The molecule has 0 bridgehead atoms. The molecule has 0 aromatic heterocycles. The molecule has 4 nitrogen and oxygen atoms in total. The highest BCUT2D eigenvalue weighted by Crippen LogP contribution is 2.19. The first-order chi connectivity index (χ1) is 10.2. The molecule has 1 fully saturated rings. The molecule has 5 heteroatoms. The molecule has 1 saturated heterocycles. The van der Waals surface area contributed by atoms with Gasteiger partial charge in [0, 0.05) is 29.7 Å². The van der Waals surface area contributed by atoms with Crippen molar-refractivity contribution >= 4 is 23.3 Å². The van der Waals surface area contributed by atoms with E-state index in [0.29, 0.717) is 30.7 Å². The maximum absolute atomic E-state index is 12.2. The van der Waals surface area contributed by atoms with Crippen molar-refractivity contribution in [3.63, 3.8) is 0 Å². The standard InChI is InChI=1S/C16H19ClN2O2/c1-2-10-21-12-13-4-3-9-19(11-13)16(20)18-15-7-5-14(17)6-8-15/h1,5-8,13H,3-4,9-12H2,(H,18,20). The van der Waals surface area contributed by atoms with Gasteiger partial charge in [-0.1, -0.05) is 17.5 Å². The van der Waals surface area contributed by atoms with Crippen LogP contribution in [-0.2, 0) is 4.74 Å². The quantitative estimate of drug-likeness (QED) is 0.685. The van der Waals surface area contributed by atoms with E-state index in [0.717, 1.165) is 25.1 Å². The molecule has 0 spiro atoms. The highest BCUT2D eigenvalue weighted by atomic mass is 35.5. The van der Waals surface area contributed by atoms with Crippen molar-refractivity contribution < 1.29 is 9.53 Å². The van der Waals surface area contributed by atoms with E-state index in [4.69, 9.17) is 22.8 Å². The number of nitrogens with zero attached hydrogens (tertiary/aromatic N) is 1. The molecular weight excluding hydrogens is 288 g/mol. The molecule has 21 heavy (non-hydrogen) atoms. The number of halogens is 1. The molecule has 1 heterocycles. The molecule has 2 amide bonds. The van der Waals surface area contributed by atoms with Gasteiger partial charge < -0.3 is 15.0 Å². The van der Waals surface area contributed by atoms with Crippen LogP contribution < -0.4 is 5.32 Å². The lowest BCUT2D eigenvalue weighted by atomic mass is 9.99. The number of nitrogens with one attached hydrogen (secondary N) is 1. The molecule has 1 atom stereocenters. The van der Waals surface area contributed by atoms with E-state index in [-0.39, 0.29) is 6.03 Å². The van der Waals surface area contributed by atoms with Crippen LogP contribution >= 0.6 is 11.6 Å². The van der Waals surface area contributed by atoms with Gasteiger partial charge >= 0.3 is 6.03 Å². The zero-order valence-electron chi connectivity index (χ0n) is 11.8. The minimum Gasteiger partial charge on any atom is -0.368 e. The van der Waals surface area contributed by atoms with Gasteiger partial charge in [-0.25, -0.2) is 4.79 Å². The zero-order valence-corrected chi connectivity index (χ0v) is 12.6. The summed E-state index contributed by atoms with van der Waals surface area (Å²) in [4.78, 5) is 14.1. The minimum absolute atomic E-state index is 0.0843. The number of hydrogen-bond acceptors (Lipinski definition) is 2. The molecule has 1 aliphatic rings. The highest BCUT2D eigenvalue weighted by molar-refractivity contribution is 6.30. The first kappa shape index (κ1) is 15.7. The molecule has 0 radical (unpaired) electrons. The molecule has 1 aromatic carbocycles. The second kappa shape index (κ2) is 7.92. The molecule has 1 aliphatic heterocycles. The van der Waals surface area contributed by atoms with Crippen LogP contribution in [0.1, 0.15) is 12.8 Å². The van der Waals surface area contributed by atoms with Crippen LogP contribution in [-0.4, -0.2) is 37.2 Å². The molecule has 112 valence electrons. The Balaban J connectivity index is 1.84. The Morgan fingerprint density at radius 1 is 1.48 bits per heavy atom. The van der Waals surface area contributed by atoms with E-state index in [1.54, 1.807) is 24.3 Å². The SMILES string of the molecule is C#CCOCC1CCCN(C(=O)Nc2ccc(Cl)cc2)C1. The number of hydrogen-bond donors (Lipinski definition) is 1. The predicted octanol–water partition coefficient (Wildman–Crippen LogP) is 3.23. The van der Waals surface area contributed by atoms with Gasteiger partial charge in [-0.3, -0.25) is 0 Å². The minimum atomic E-state index is -0.0843. The molecule has 0 saturated carbocycles. The second-order valence-corrected chi connectivity index (χ2v) is 5.55. The van der Waals surface area contributed by atoms with Gasteiger partial charge in [0.25, 0.3) is 0 Å². The third-order valence-corrected chi connectivity index (χ3v) is 3.69. The topological polar surface area (TPSA) is 41.6 Å². The number of likely N-dealkylation sites (tertiary alicyclic amines) is 1. The molecule has 1 aromatic rings. The monoisotopic (exact) mass is 306 g/mol. The van der Waals surface area contributed by atoms with Crippen molar-refractivity contribution in [2.45, 2.75) is 12.8 Å². The largest absolute Gasteiger partial charge is 0.368 e. The van der Waals surface area contributed by atoms with Crippen molar-refractivity contribution in [2.75, 3.05) is 31.6 Å². The van der Waals surface area contributed by atoms with Crippen molar-refractivity contribution in [1.82, 2.24) is 4.90 Å². The van der Waals surface area contributed by atoms with E-state index >= 15 is 0 Å². The maximum Gasteiger partial charge on any atom is 0.321 e. The fourth-order valence-electron chi connectivity index (χ4n) is 2.41. The first-order valence-corrected chi connectivity index (χ1v) is 7.39. The number of anilines is 1. The van der Waals surface area contributed by atoms with Crippen molar-refractivity contribution in [2.24, 2.45) is 5.92 Å². The Labute approximate surface area is 130 Å². The molecule has 1 N–H and O–H groups in total. The number of carbonyl (C=O) groups is 1. The Hall–Kier alpha value is -1.70. The van der Waals surface area contributed by atoms with E-state index in [9.17, 15) is 4.79 Å². The number of amides is 2. The maximum atomic E-state index is 12.2. The van der Waals surface area contributed by atoms with Crippen LogP contribution in [0.5, 0.6) is 0 Å². The lowest BCUT2D eigenvalue weighted by Gasteiger charge is -2.32. The molecule has 2 rings (SSSR count). The third-order valence-electron chi connectivity index (χ3n) is 3.44. The second-order valence-electron chi connectivity index (χ2n) is 5.11. The summed E-state index contributed by atoms with van der Waals surface area (Å²) in [5, 5.41) is 3.53. The number of rotatable bonds is 4. The lowest BCUT2D eigenvalue weighted by Crippen LogP contribution is -2.43. The van der Waals surface area contributed by atoms with Crippen LogP contribution in [0.15, 0.2) is 24.3 Å². The van der Waals surface area contributed by atoms with Gasteiger partial charge in [-0.15, -0.1) is 6.42 Å². The average molecular weight is 307 g/mol. The van der Waals surface area contributed by atoms with Crippen LogP contribution in [0.25, 0.3) is 0 Å². The fraction of sp³-hybridized carbons (Fsp3) is 0.438. The Morgan fingerprint density at radius 2 is 2.24 bits per heavy atom. The summed E-state index contributed by atoms with van der Waals surface area (Å²) in [5.74, 6) is 2.80. The van der Waals surface area contributed by atoms with E-state index in [2.05, 4.69) is 11.2 Å². The van der Waals surface area contributed by atoms with E-state index < -0.39 is 0 Å². The Morgan fingerprint density at radius 3 is 2.95 bits per heavy atom. The van der Waals surface area contributed by atoms with Gasteiger partial charge in [-0.2, -0.15) is 0 Å². The highest BCUT2D eigenvalue weighted by Gasteiger charge is 2.23. The van der Waals surface area contributed by atoms with Crippen LogP contribution in [0.3, 0.4) is 0 Å². The summed E-state index contributed by atoms with van der Waals surface area (Å²) in [5.41, 5.74) is 0.745.